The van der Waals surface area contributed by atoms with Gasteiger partial charge in [0.25, 0.3) is 5.91 Å². The first kappa shape index (κ1) is 12.1. The third kappa shape index (κ3) is 3.93. The summed E-state index contributed by atoms with van der Waals surface area (Å²) in [6.07, 6.45) is 2.01. The molecule has 0 spiro atoms. The predicted molar refractivity (Wildman–Crippen MR) is 64.2 cm³/mol. The number of amides is 1. The van der Waals surface area contributed by atoms with E-state index in [1.54, 1.807) is 11.8 Å². The van der Waals surface area contributed by atoms with Gasteiger partial charge in [0.2, 0.25) is 0 Å². The third-order valence-corrected chi connectivity index (χ3v) is 2.68. The number of thioether (sulfide) groups is 1. The third-order valence-electron chi connectivity index (χ3n) is 1.94. The van der Waals surface area contributed by atoms with Crippen LogP contribution in [0.5, 0.6) is 0 Å². The fourth-order valence-corrected chi connectivity index (χ4v) is 1.51. The van der Waals surface area contributed by atoms with Crippen LogP contribution in [-0.2, 0) is 0 Å². The lowest BCUT2D eigenvalue weighted by Gasteiger charge is -2.07. The zero-order chi connectivity index (χ0) is 11.3. The summed E-state index contributed by atoms with van der Waals surface area (Å²) in [6, 6.07) is 7.50. The summed E-state index contributed by atoms with van der Waals surface area (Å²) in [7, 11) is 0. The normalized spacial score (nSPS) is 12.2. The van der Waals surface area contributed by atoms with Gasteiger partial charge in [-0.05, 0) is 37.4 Å². The Hall–Kier alpha value is -1.00. The van der Waals surface area contributed by atoms with Crippen molar-refractivity contribution in [2.45, 2.75) is 17.9 Å². The molecule has 0 heterocycles. The van der Waals surface area contributed by atoms with E-state index < -0.39 is 0 Å². The van der Waals surface area contributed by atoms with E-state index in [2.05, 4.69) is 5.32 Å². The average Bonchev–Trinajstić information content (AvgIpc) is 2.26. The molecule has 0 fully saturated rings. The van der Waals surface area contributed by atoms with Gasteiger partial charge >= 0.3 is 0 Å². The molecule has 1 rings (SSSR count). The molecule has 0 saturated heterocycles. The molecule has 0 aliphatic carbocycles. The fourth-order valence-electron chi connectivity index (χ4n) is 1.10. The first-order valence-corrected chi connectivity index (χ1v) is 6.04. The molecule has 15 heavy (non-hydrogen) atoms. The number of benzene rings is 1. The monoisotopic (exact) mass is 224 g/mol. The zero-order valence-electron chi connectivity index (χ0n) is 8.99. The molecule has 82 valence electrons. The molecule has 1 aromatic rings. The average molecular weight is 224 g/mol. The molecule has 1 unspecified atom stereocenters. The highest BCUT2D eigenvalue weighted by Crippen LogP contribution is 2.14. The molecule has 3 N–H and O–H groups in total. The number of nitrogens with one attached hydrogen (secondary N) is 1. The molecule has 0 aliphatic rings. The maximum atomic E-state index is 11.6. The molecule has 0 bridgehead atoms. The van der Waals surface area contributed by atoms with Gasteiger partial charge in [-0.2, -0.15) is 0 Å². The SMILES string of the molecule is CSc1ccc(C(=O)NCC(C)N)cc1. The van der Waals surface area contributed by atoms with Crippen LogP contribution in [0.1, 0.15) is 17.3 Å². The lowest BCUT2D eigenvalue weighted by Crippen LogP contribution is -2.35. The van der Waals surface area contributed by atoms with Gasteiger partial charge < -0.3 is 11.1 Å². The maximum absolute atomic E-state index is 11.6. The molecule has 1 aromatic carbocycles. The van der Waals surface area contributed by atoms with Crippen LogP contribution in [0.25, 0.3) is 0 Å². The largest absolute Gasteiger partial charge is 0.350 e. The molecule has 0 aliphatic heterocycles. The summed E-state index contributed by atoms with van der Waals surface area (Å²) < 4.78 is 0. The molecular formula is C11H16N2OS. The summed E-state index contributed by atoms with van der Waals surface area (Å²) in [5, 5.41) is 2.77. The second-order valence-electron chi connectivity index (χ2n) is 3.42. The highest BCUT2D eigenvalue weighted by molar-refractivity contribution is 7.98. The number of nitrogens with two attached hydrogens (primary N) is 1. The van der Waals surface area contributed by atoms with Crippen molar-refractivity contribution in [2.24, 2.45) is 5.73 Å². The quantitative estimate of drug-likeness (QED) is 0.762. The summed E-state index contributed by atoms with van der Waals surface area (Å²) in [6.45, 7) is 2.36. The Morgan fingerprint density at radius 2 is 2.07 bits per heavy atom. The second kappa shape index (κ2) is 5.78. The van der Waals surface area contributed by atoms with Crippen molar-refractivity contribution in [1.29, 1.82) is 0 Å². The minimum Gasteiger partial charge on any atom is -0.350 e. The summed E-state index contributed by atoms with van der Waals surface area (Å²) >= 11 is 1.66. The number of carbonyl (C=O) groups excluding carboxylic acids is 1. The van der Waals surface area contributed by atoms with Gasteiger partial charge in [-0.1, -0.05) is 0 Å². The summed E-state index contributed by atoms with van der Waals surface area (Å²) in [4.78, 5) is 12.7. The smallest absolute Gasteiger partial charge is 0.251 e. The van der Waals surface area contributed by atoms with E-state index >= 15 is 0 Å². The molecule has 0 saturated carbocycles. The first-order valence-electron chi connectivity index (χ1n) is 4.81. The highest BCUT2D eigenvalue weighted by atomic mass is 32.2. The number of hydrogen-bond acceptors (Lipinski definition) is 3. The van der Waals surface area contributed by atoms with Crippen molar-refractivity contribution >= 4 is 17.7 Å². The minimum atomic E-state index is -0.0695. The van der Waals surface area contributed by atoms with Crippen molar-refractivity contribution in [3.05, 3.63) is 29.8 Å². The van der Waals surface area contributed by atoms with Gasteiger partial charge in [0.1, 0.15) is 0 Å². The summed E-state index contributed by atoms with van der Waals surface area (Å²) in [5.41, 5.74) is 6.22. The minimum absolute atomic E-state index is 0.0144. The molecule has 0 aromatic heterocycles. The van der Waals surface area contributed by atoms with E-state index in [0.717, 1.165) is 4.90 Å². The van der Waals surface area contributed by atoms with Crippen LogP contribution < -0.4 is 11.1 Å². The summed E-state index contributed by atoms with van der Waals surface area (Å²) in [5.74, 6) is -0.0695. The van der Waals surface area contributed by atoms with Crippen LogP contribution in [0.3, 0.4) is 0 Å². The maximum Gasteiger partial charge on any atom is 0.251 e. The number of carbonyl (C=O) groups is 1. The molecule has 0 radical (unpaired) electrons. The lowest BCUT2D eigenvalue weighted by atomic mass is 10.2. The van der Waals surface area contributed by atoms with Crippen molar-refractivity contribution in [2.75, 3.05) is 12.8 Å². The van der Waals surface area contributed by atoms with Crippen LogP contribution >= 0.6 is 11.8 Å². The van der Waals surface area contributed by atoms with Crippen LogP contribution in [0.15, 0.2) is 29.2 Å². The van der Waals surface area contributed by atoms with Crippen LogP contribution in [0.2, 0.25) is 0 Å². The van der Waals surface area contributed by atoms with Gasteiger partial charge in [-0.3, -0.25) is 4.79 Å². The van der Waals surface area contributed by atoms with Crippen molar-refractivity contribution in [3.63, 3.8) is 0 Å². The molecule has 1 atom stereocenters. The molecule has 1 amide bonds. The van der Waals surface area contributed by atoms with Crippen LogP contribution in [0, 0.1) is 0 Å². The number of rotatable bonds is 4. The second-order valence-corrected chi connectivity index (χ2v) is 4.30. The van der Waals surface area contributed by atoms with Gasteiger partial charge in [-0.25, -0.2) is 0 Å². The zero-order valence-corrected chi connectivity index (χ0v) is 9.80. The van der Waals surface area contributed by atoms with Gasteiger partial charge in [0.05, 0.1) is 0 Å². The Kier molecular flexibility index (Phi) is 4.65. The van der Waals surface area contributed by atoms with Crippen molar-refractivity contribution in [1.82, 2.24) is 5.32 Å². The van der Waals surface area contributed by atoms with E-state index in [1.165, 1.54) is 0 Å². The molecular weight excluding hydrogens is 208 g/mol. The Balaban J connectivity index is 2.58. The van der Waals surface area contributed by atoms with E-state index in [-0.39, 0.29) is 11.9 Å². The Morgan fingerprint density at radius 1 is 1.47 bits per heavy atom. The Labute approximate surface area is 94.4 Å². The van der Waals surface area contributed by atoms with Crippen molar-refractivity contribution < 1.29 is 4.79 Å². The predicted octanol–water partition coefficient (Wildman–Crippen LogP) is 1.49. The Bertz CT molecular complexity index is 322. The molecule has 3 nitrogen and oxygen atoms in total. The van der Waals surface area contributed by atoms with Gasteiger partial charge in [-0.15, -0.1) is 11.8 Å². The first-order chi connectivity index (χ1) is 7.13. The highest BCUT2D eigenvalue weighted by Gasteiger charge is 2.05. The van der Waals surface area contributed by atoms with E-state index in [4.69, 9.17) is 5.73 Å². The topological polar surface area (TPSA) is 55.1 Å². The van der Waals surface area contributed by atoms with Crippen LogP contribution in [0.4, 0.5) is 0 Å². The van der Waals surface area contributed by atoms with Gasteiger partial charge in [0, 0.05) is 23.0 Å². The van der Waals surface area contributed by atoms with Gasteiger partial charge in [0.15, 0.2) is 0 Å². The standard InChI is InChI=1S/C11H16N2OS/c1-8(12)7-13-11(14)9-3-5-10(15-2)6-4-9/h3-6,8H,7,12H2,1-2H3,(H,13,14). The van der Waals surface area contributed by atoms with Crippen molar-refractivity contribution in [3.8, 4) is 0 Å². The van der Waals surface area contributed by atoms with E-state index in [9.17, 15) is 4.79 Å². The van der Waals surface area contributed by atoms with E-state index in [0.29, 0.717) is 12.1 Å². The molecule has 4 heteroatoms. The van der Waals surface area contributed by atoms with E-state index in [1.807, 2.05) is 37.4 Å². The van der Waals surface area contributed by atoms with Crippen LogP contribution in [-0.4, -0.2) is 24.7 Å². The fraction of sp³-hybridized carbons (Fsp3) is 0.364. The number of hydrogen-bond donors (Lipinski definition) is 2. The Morgan fingerprint density at radius 3 is 2.53 bits per heavy atom. The lowest BCUT2D eigenvalue weighted by molar-refractivity contribution is 0.0951.